The maximum absolute atomic E-state index is 13.7. The van der Waals surface area contributed by atoms with Crippen molar-refractivity contribution in [3.8, 4) is 0 Å². The molecule has 36 heavy (non-hydrogen) atoms. The van der Waals surface area contributed by atoms with Gasteiger partial charge in [-0.2, -0.15) is 0 Å². The van der Waals surface area contributed by atoms with Crippen molar-refractivity contribution >= 4 is 23.4 Å². The van der Waals surface area contributed by atoms with Crippen molar-refractivity contribution in [3.05, 3.63) is 77.0 Å². The highest BCUT2D eigenvalue weighted by Crippen LogP contribution is 2.30. The molecule has 0 saturated carbocycles. The zero-order chi connectivity index (χ0) is 25.8. The van der Waals surface area contributed by atoms with Crippen LogP contribution in [0.15, 0.2) is 54.7 Å². The third kappa shape index (κ3) is 4.92. The second-order valence-electron chi connectivity index (χ2n) is 9.61. The molecule has 2 aromatic carbocycles. The standard InChI is InChI=1S/C27H34N6O3/c1-17(2)24(33-16-20-6-3-4-7-21(20)26(33)35)27(36)32-13-5-8-23(32)25(34)30-15-18-9-11-19(12-10-18)22(14-28)31-29/h3-4,6-7,9-12,14,17,23-24,31H,5,8,13,15-16,28-29H2,1-2H3,(H,30,34)/b22-14-. The first-order valence-electron chi connectivity index (χ1n) is 12.3. The Kier molecular flexibility index (Phi) is 7.59. The van der Waals surface area contributed by atoms with Crippen molar-refractivity contribution in [2.75, 3.05) is 6.54 Å². The van der Waals surface area contributed by atoms with Gasteiger partial charge in [-0.25, -0.2) is 0 Å². The number of rotatable bonds is 8. The predicted octanol–water partition coefficient (Wildman–Crippen LogP) is 1.69. The normalized spacial score (nSPS) is 18.4. The molecule has 0 aliphatic carbocycles. The van der Waals surface area contributed by atoms with Gasteiger partial charge in [-0.3, -0.25) is 20.2 Å². The van der Waals surface area contributed by atoms with E-state index in [0.29, 0.717) is 37.3 Å². The number of hydrogen-bond donors (Lipinski definition) is 4. The number of fused-ring (bicyclic) bond motifs is 1. The van der Waals surface area contributed by atoms with Crippen LogP contribution >= 0.6 is 0 Å². The molecule has 2 atom stereocenters. The van der Waals surface area contributed by atoms with E-state index in [1.165, 1.54) is 6.20 Å². The van der Waals surface area contributed by atoms with E-state index in [1.54, 1.807) is 15.9 Å². The van der Waals surface area contributed by atoms with E-state index in [-0.39, 0.29) is 23.6 Å². The van der Waals surface area contributed by atoms with Gasteiger partial charge in [0, 0.05) is 37.0 Å². The van der Waals surface area contributed by atoms with Crippen LogP contribution in [0.3, 0.4) is 0 Å². The number of likely N-dealkylation sites (tertiary alicyclic amines) is 1. The van der Waals surface area contributed by atoms with Gasteiger partial charge in [-0.15, -0.1) is 0 Å². The molecular weight excluding hydrogens is 456 g/mol. The fourth-order valence-electron chi connectivity index (χ4n) is 5.09. The van der Waals surface area contributed by atoms with E-state index in [2.05, 4.69) is 10.7 Å². The number of hydrazine groups is 1. The molecule has 1 fully saturated rings. The molecule has 0 bridgehead atoms. The van der Waals surface area contributed by atoms with E-state index < -0.39 is 12.1 Å². The molecule has 2 aromatic rings. The number of amides is 3. The molecule has 0 spiro atoms. The van der Waals surface area contributed by atoms with E-state index in [0.717, 1.165) is 23.1 Å². The summed E-state index contributed by atoms with van der Waals surface area (Å²) in [7, 11) is 0. The van der Waals surface area contributed by atoms with E-state index >= 15 is 0 Å². The van der Waals surface area contributed by atoms with Gasteiger partial charge in [0.2, 0.25) is 11.8 Å². The number of carbonyl (C=O) groups excluding carboxylic acids is 3. The van der Waals surface area contributed by atoms with E-state index in [9.17, 15) is 14.4 Å². The quantitative estimate of drug-likeness (QED) is 0.329. The van der Waals surface area contributed by atoms with Gasteiger partial charge < -0.3 is 26.3 Å². The minimum Gasteiger partial charge on any atom is -0.403 e. The number of carbonyl (C=O) groups is 3. The zero-order valence-corrected chi connectivity index (χ0v) is 20.7. The van der Waals surface area contributed by atoms with Gasteiger partial charge in [-0.1, -0.05) is 56.3 Å². The minimum absolute atomic E-state index is 0.0888. The summed E-state index contributed by atoms with van der Waals surface area (Å²) in [6, 6.07) is 13.8. The second-order valence-corrected chi connectivity index (χ2v) is 9.61. The molecule has 0 aromatic heterocycles. The summed E-state index contributed by atoms with van der Waals surface area (Å²) in [5.74, 6) is 4.90. The van der Waals surface area contributed by atoms with E-state index in [1.807, 2.05) is 56.3 Å². The Labute approximate surface area is 211 Å². The van der Waals surface area contributed by atoms with E-state index in [4.69, 9.17) is 11.6 Å². The first-order valence-corrected chi connectivity index (χ1v) is 12.3. The number of nitrogens with one attached hydrogen (secondary N) is 2. The second kappa shape index (κ2) is 10.8. The third-order valence-corrected chi connectivity index (χ3v) is 6.96. The fraction of sp³-hybridized carbons (Fsp3) is 0.370. The average Bonchev–Trinajstić information content (AvgIpc) is 3.50. The SMILES string of the molecule is CC(C)C(C(=O)N1CCCC1C(=O)NCc1ccc(/C(=C/N)NN)cc1)N1Cc2ccccc2C1=O. The molecule has 9 heteroatoms. The summed E-state index contributed by atoms with van der Waals surface area (Å²) < 4.78 is 0. The summed E-state index contributed by atoms with van der Waals surface area (Å²) in [5, 5.41) is 2.97. The molecular formula is C27H34N6O3. The lowest BCUT2D eigenvalue weighted by Crippen LogP contribution is -2.55. The van der Waals surface area contributed by atoms with Crippen molar-refractivity contribution < 1.29 is 14.4 Å². The van der Waals surface area contributed by atoms with Crippen LogP contribution in [-0.4, -0.2) is 46.1 Å². The minimum atomic E-state index is -0.619. The maximum Gasteiger partial charge on any atom is 0.255 e. The Balaban J connectivity index is 1.42. The Morgan fingerprint density at radius 2 is 1.86 bits per heavy atom. The molecule has 190 valence electrons. The van der Waals surface area contributed by atoms with Crippen LogP contribution < -0.4 is 22.3 Å². The lowest BCUT2D eigenvalue weighted by molar-refractivity contribution is -0.143. The van der Waals surface area contributed by atoms with Crippen LogP contribution in [0.1, 0.15) is 53.7 Å². The van der Waals surface area contributed by atoms with Gasteiger partial charge in [0.1, 0.15) is 12.1 Å². The molecule has 1 saturated heterocycles. The number of nitrogens with two attached hydrogens (primary N) is 2. The Hall–Kier alpha value is -3.85. The molecule has 6 N–H and O–H groups in total. The predicted molar refractivity (Wildman–Crippen MR) is 137 cm³/mol. The molecule has 2 unspecified atom stereocenters. The van der Waals surface area contributed by atoms with Crippen molar-refractivity contribution in [2.45, 2.75) is 51.9 Å². The first-order chi connectivity index (χ1) is 17.3. The number of benzene rings is 2. The summed E-state index contributed by atoms with van der Waals surface area (Å²) >= 11 is 0. The molecule has 2 aliphatic rings. The van der Waals surface area contributed by atoms with Crippen molar-refractivity contribution in [3.63, 3.8) is 0 Å². The largest absolute Gasteiger partial charge is 0.403 e. The van der Waals surface area contributed by atoms with Gasteiger partial charge in [0.25, 0.3) is 5.91 Å². The van der Waals surface area contributed by atoms with Crippen LogP contribution in [0, 0.1) is 5.92 Å². The van der Waals surface area contributed by atoms with Crippen LogP contribution in [0.25, 0.3) is 5.70 Å². The summed E-state index contributed by atoms with van der Waals surface area (Å²) in [5.41, 5.74) is 12.0. The summed E-state index contributed by atoms with van der Waals surface area (Å²) in [6.07, 6.45) is 2.74. The molecule has 3 amide bonds. The highest BCUT2D eigenvalue weighted by molar-refractivity contribution is 6.01. The topological polar surface area (TPSA) is 134 Å². The molecule has 2 heterocycles. The van der Waals surface area contributed by atoms with Crippen LogP contribution in [-0.2, 0) is 22.7 Å². The zero-order valence-electron chi connectivity index (χ0n) is 20.7. The Morgan fingerprint density at radius 3 is 2.50 bits per heavy atom. The molecule has 9 nitrogen and oxygen atoms in total. The van der Waals surface area contributed by atoms with Gasteiger partial charge in [0.05, 0.1) is 5.70 Å². The van der Waals surface area contributed by atoms with Crippen LogP contribution in [0.2, 0.25) is 0 Å². The smallest absolute Gasteiger partial charge is 0.255 e. The van der Waals surface area contributed by atoms with Crippen LogP contribution in [0.4, 0.5) is 0 Å². The van der Waals surface area contributed by atoms with Gasteiger partial charge in [-0.05, 0) is 36.0 Å². The number of nitrogens with zero attached hydrogens (tertiary/aromatic N) is 2. The van der Waals surface area contributed by atoms with Crippen molar-refractivity contribution in [1.29, 1.82) is 0 Å². The molecule has 4 rings (SSSR count). The number of hydrogen-bond acceptors (Lipinski definition) is 6. The lowest BCUT2D eigenvalue weighted by atomic mass is 10.0. The van der Waals surface area contributed by atoms with Gasteiger partial charge >= 0.3 is 0 Å². The lowest BCUT2D eigenvalue weighted by Gasteiger charge is -2.35. The first kappa shape index (κ1) is 25.2. The molecule has 0 radical (unpaired) electrons. The van der Waals surface area contributed by atoms with Gasteiger partial charge in [0.15, 0.2) is 0 Å². The highest BCUT2D eigenvalue weighted by Gasteiger charge is 2.43. The fourth-order valence-corrected chi connectivity index (χ4v) is 5.09. The summed E-state index contributed by atoms with van der Waals surface area (Å²) in [4.78, 5) is 43.3. The maximum atomic E-state index is 13.7. The summed E-state index contributed by atoms with van der Waals surface area (Å²) in [6.45, 7) is 5.14. The Morgan fingerprint density at radius 1 is 1.14 bits per heavy atom. The highest BCUT2D eigenvalue weighted by atomic mass is 16.2. The average molecular weight is 491 g/mol. The van der Waals surface area contributed by atoms with Crippen molar-refractivity contribution in [1.82, 2.24) is 20.5 Å². The Bertz CT molecular complexity index is 1160. The van der Waals surface area contributed by atoms with Crippen LogP contribution in [0.5, 0.6) is 0 Å². The van der Waals surface area contributed by atoms with Crippen molar-refractivity contribution in [2.24, 2.45) is 17.5 Å². The third-order valence-electron chi connectivity index (χ3n) is 6.96. The monoisotopic (exact) mass is 490 g/mol. The molecule has 2 aliphatic heterocycles.